The monoisotopic (exact) mass is 305 g/mol. The number of nitrogens with zero attached hydrogens (tertiary/aromatic N) is 2. The van der Waals surface area contributed by atoms with Crippen LogP contribution in [0.1, 0.15) is 0 Å². The van der Waals surface area contributed by atoms with Gasteiger partial charge in [0.25, 0.3) is 0 Å². The topological polar surface area (TPSA) is 46.9 Å². The van der Waals surface area contributed by atoms with Gasteiger partial charge < -0.3 is 5.32 Å². The maximum Gasteiger partial charge on any atom is 0.463 e. The zero-order valence-corrected chi connectivity index (χ0v) is 10.2. The van der Waals surface area contributed by atoms with E-state index in [9.17, 15) is 26.7 Å². The summed E-state index contributed by atoms with van der Waals surface area (Å²) in [5.74, 6) is -7.93. The third-order valence-electron chi connectivity index (χ3n) is 2.54. The van der Waals surface area contributed by atoms with Crippen LogP contribution in [0.3, 0.4) is 0 Å². The van der Waals surface area contributed by atoms with E-state index in [1.54, 1.807) is 5.32 Å². The molecule has 21 heavy (non-hydrogen) atoms. The summed E-state index contributed by atoms with van der Waals surface area (Å²) >= 11 is 0. The molecule has 0 saturated carbocycles. The van der Waals surface area contributed by atoms with Gasteiger partial charge in [-0.05, 0) is 18.2 Å². The van der Waals surface area contributed by atoms with Crippen molar-refractivity contribution in [1.29, 1.82) is 0 Å². The van der Waals surface area contributed by atoms with Crippen molar-refractivity contribution in [1.82, 2.24) is 9.78 Å². The Kier molecular flexibility index (Phi) is 3.67. The predicted octanol–water partition coefficient (Wildman–Crippen LogP) is 3.01. The fraction of sp³-hybridized carbons (Fsp3) is 0.167. The average molecular weight is 305 g/mol. The number of carbonyl (C=O) groups is 1. The van der Waals surface area contributed by atoms with Crippen LogP contribution in [0.5, 0.6) is 0 Å². The maximum atomic E-state index is 12.9. The number of alkyl halides is 5. The Morgan fingerprint density at radius 2 is 1.76 bits per heavy atom. The van der Waals surface area contributed by atoms with E-state index < -0.39 is 18.0 Å². The molecule has 0 bridgehead atoms. The molecule has 2 aromatic rings. The largest absolute Gasteiger partial charge is 0.463 e. The van der Waals surface area contributed by atoms with Crippen molar-refractivity contribution >= 4 is 11.6 Å². The van der Waals surface area contributed by atoms with Gasteiger partial charge in [0.05, 0.1) is 11.4 Å². The Balaban J connectivity index is 2.31. The van der Waals surface area contributed by atoms with Gasteiger partial charge in [0.1, 0.15) is 0 Å². The van der Waals surface area contributed by atoms with Gasteiger partial charge in [-0.15, -0.1) is 0 Å². The first kappa shape index (κ1) is 14.9. The highest BCUT2D eigenvalue weighted by Gasteiger charge is 2.63. The minimum atomic E-state index is -5.96. The molecular formula is C12H8F5N3O. The van der Waals surface area contributed by atoms with Crippen molar-refractivity contribution in [3.05, 3.63) is 42.7 Å². The summed E-state index contributed by atoms with van der Waals surface area (Å²) in [6, 6.07) is 7.04. The van der Waals surface area contributed by atoms with Crippen LogP contribution >= 0.6 is 0 Å². The standard InChI is InChI=1S/C12H8F5N3O/c13-11(14,12(15,16)17)10(21)19-8-4-1-2-5-9(8)20-7-3-6-18-20/h1-7H,(H,19,21). The van der Waals surface area contributed by atoms with Gasteiger partial charge in [-0.3, -0.25) is 4.79 Å². The van der Waals surface area contributed by atoms with Gasteiger partial charge >= 0.3 is 18.0 Å². The minimum Gasteiger partial charge on any atom is -0.319 e. The van der Waals surface area contributed by atoms with E-state index in [1.807, 2.05) is 0 Å². The van der Waals surface area contributed by atoms with Gasteiger partial charge in [0.2, 0.25) is 0 Å². The van der Waals surface area contributed by atoms with E-state index in [2.05, 4.69) is 5.10 Å². The highest BCUT2D eigenvalue weighted by atomic mass is 19.4. The van der Waals surface area contributed by atoms with Gasteiger partial charge in [0.15, 0.2) is 0 Å². The SMILES string of the molecule is O=C(Nc1ccccc1-n1cccn1)C(F)(F)C(F)(F)F. The van der Waals surface area contributed by atoms with E-state index >= 15 is 0 Å². The summed E-state index contributed by atoms with van der Waals surface area (Å²) in [4.78, 5) is 11.2. The number of aromatic nitrogens is 2. The zero-order chi connectivity index (χ0) is 15.7. The molecule has 0 spiro atoms. The molecule has 0 aliphatic carbocycles. The number of rotatable bonds is 3. The number of anilines is 1. The summed E-state index contributed by atoms with van der Waals surface area (Å²) in [5, 5.41) is 5.40. The number of benzene rings is 1. The van der Waals surface area contributed by atoms with Crippen LogP contribution < -0.4 is 5.32 Å². The number of nitrogens with one attached hydrogen (secondary N) is 1. The summed E-state index contributed by atoms with van der Waals surface area (Å²) in [6.07, 6.45) is -3.12. The van der Waals surface area contributed by atoms with Crippen LogP contribution in [-0.4, -0.2) is 27.8 Å². The fourth-order valence-electron chi connectivity index (χ4n) is 1.52. The van der Waals surface area contributed by atoms with Crippen LogP contribution in [0, 0.1) is 0 Å². The molecule has 112 valence electrons. The van der Waals surface area contributed by atoms with Crippen molar-refractivity contribution in [2.75, 3.05) is 5.32 Å². The van der Waals surface area contributed by atoms with Gasteiger partial charge in [-0.2, -0.15) is 27.1 Å². The third-order valence-corrected chi connectivity index (χ3v) is 2.54. The van der Waals surface area contributed by atoms with Crippen molar-refractivity contribution < 1.29 is 26.7 Å². The lowest BCUT2D eigenvalue weighted by molar-refractivity contribution is -0.267. The van der Waals surface area contributed by atoms with Gasteiger partial charge in [-0.1, -0.05) is 12.1 Å². The lowest BCUT2D eigenvalue weighted by Crippen LogP contribution is -2.47. The van der Waals surface area contributed by atoms with Crippen LogP contribution in [0.4, 0.5) is 27.6 Å². The second-order valence-electron chi connectivity index (χ2n) is 3.99. The first-order chi connectivity index (χ1) is 9.73. The average Bonchev–Trinajstić information content (AvgIpc) is 2.91. The second-order valence-corrected chi connectivity index (χ2v) is 3.99. The maximum absolute atomic E-state index is 12.9. The third kappa shape index (κ3) is 2.86. The quantitative estimate of drug-likeness (QED) is 0.886. The Bertz CT molecular complexity index is 637. The van der Waals surface area contributed by atoms with E-state index in [1.165, 1.54) is 47.4 Å². The second kappa shape index (κ2) is 5.15. The molecule has 1 heterocycles. The molecular weight excluding hydrogens is 297 g/mol. The highest BCUT2D eigenvalue weighted by molar-refractivity contribution is 5.98. The summed E-state index contributed by atoms with van der Waals surface area (Å²) < 4.78 is 63.5. The molecule has 0 fully saturated rings. The lowest BCUT2D eigenvalue weighted by Gasteiger charge is -2.19. The summed E-state index contributed by atoms with van der Waals surface area (Å²) in [6.45, 7) is 0. The fourth-order valence-corrected chi connectivity index (χ4v) is 1.52. The molecule has 0 atom stereocenters. The first-order valence-electron chi connectivity index (χ1n) is 5.58. The highest BCUT2D eigenvalue weighted by Crippen LogP contribution is 2.36. The zero-order valence-electron chi connectivity index (χ0n) is 10.2. The molecule has 0 radical (unpaired) electrons. The normalized spacial score (nSPS) is 12.2. The Hall–Kier alpha value is -2.45. The molecule has 9 heteroatoms. The van der Waals surface area contributed by atoms with E-state index in [0.717, 1.165) is 0 Å². The molecule has 0 aliphatic rings. The van der Waals surface area contributed by atoms with Crippen molar-refractivity contribution in [3.63, 3.8) is 0 Å². The summed E-state index contributed by atoms with van der Waals surface area (Å²) in [7, 11) is 0. The van der Waals surface area contributed by atoms with E-state index in [-0.39, 0.29) is 11.4 Å². The van der Waals surface area contributed by atoms with Crippen LogP contribution in [0.25, 0.3) is 5.69 Å². The molecule has 0 aliphatic heterocycles. The van der Waals surface area contributed by atoms with Crippen molar-refractivity contribution in [2.24, 2.45) is 0 Å². The number of para-hydroxylation sites is 2. The summed E-state index contributed by atoms with van der Waals surface area (Å²) in [5.41, 5.74) is -0.0519. The van der Waals surface area contributed by atoms with Crippen LogP contribution in [0.2, 0.25) is 0 Å². The smallest absolute Gasteiger partial charge is 0.319 e. The number of hydrogen-bond acceptors (Lipinski definition) is 2. The van der Waals surface area contributed by atoms with E-state index in [4.69, 9.17) is 0 Å². The Morgan fingerprint density at radius 3 is 2.33 bits per heavy atom. The molecule has 1 amide bonds. The Labute approximate surface area is 115 Å². The molecule has 4 nitrogen and oxygen atoms in total. The molecule has 1 N–H and O–H groups in total. The number of hydrogen-bond donors (Lipinski definition) is 1. The van der Waals surface area contributed by atoms with Crippen molar-refractivity contribution in [3.8, 4) is 5.69 Å². The first-order valence-corrected chi connectivity index (χ1v) is 5.58. The minimum absolute atomic E-state index is 0.161. The lowest BCUT2D eigenvalue weighted by atomic mass is 10.2. The van der Waals surface area contributed by atoms with Crippen LogP contribution in [0.15, 0.2) is 42.7 Å². The van der Waals surface area contributed by atoms with Gasteiger partial charge in [0, 0.05) is 12.4 Å². The number of halogens is 5. The number of carbonyl (C=O) groups excluding carboxylic acids is 1. The Morgan fingerprint density at radius 1 is 1.10 bits per heavy atom. The molecule has 0 unspecified atom stereocenters. The van der Waals surface area contributed by atoms with Gasteiger partial charge in [-0.25, -0.2) is 4.68 Å². The van der Waals surface area contributed by atoms with Crippen LogP contribution in [-0.2, 0) is 4.79 Å². The van der Waals surface area contributed by atoms with Crippen molar-refractivity contribution in [2.45, 2.75) is 12.1 Å². The molecule has 2 rings (SSSR count). The predicted molar refractivity (Wildman–Crippen MR) is 63.2 cm³/mol. The molecule has 0 saturated heterocycles. The van der Waals surface area contributed by atoms with E-state index in [0.29, 0.717) is 0 Å². The molecule has 1 aromatic heterocycles. The molecule has 1 aromatic carbocycles. The number of amides is 1.